The van der Waals surface area contributed by atoms with E-state index in [1.807, 2.05) is 48.5 Å². The Kier molecular flexibility index (Phi) is 5.41. The number of benzene rings is 3. The molecule has 0 spiro atoms. The van der Waals surface area contributed by atoms with E-state index in [-0.39, 0.29) is 29.9 Å². The van der Waals surface area contributed by atoms with Crippen molar-refractivity contribution in [1.82, 2.24) is 4.98 Å². The zero-order chi connectivity index (χ0) is 22.0. The summed E-state index contributed by atoms with van der Waals surface area (Å²) < 4.78 is 0. The lowest BCUT2D eigenvalue weighted by molar-refractivity contribution is -0.385. The number of ketones is 1. The fourth-order valence-electron chi connectivity index (χ4n) is 3.75. The van der Waals surface area contributed by atoms with Crippen molar-refractivity contribution in [2.45, 2.75) is 19.3 Å². The van der Waals surface area contributed by atoms with E-state index in [1.165, 1.54) is 6.07 Å². The zero-order valence-electron chi connectivity index (χ0n) is 16.6. The Hall–Kier alpha value is -4.13. The minimum atomic E-state index is -0.587. The molecule has 0 aliphatic heterocycles. The van der Waals surface area contributed by atoms with Gasteiger partial charge in [-0.05, 0) is 17.7 Å². The first-order chi connectivity index (χ1) is 14.9. The molecule has 4 rings (SSSR count). The van der Waals surface area contributed by atoms with E-state index in [2.05, 4.69) is 0 Å². The van der Waals surface area contributed by atoms with Gasteiger partial charge in [-0.3, -0.25) is 19.7 Å². The van der Waals surface area contributed by atoms with Gasteiger partial charge in [-0.1, -0.05) is 48.5 Å². The Morgan fingerprint density at radius 2 is 1.52 bits per heavy atom. The van der Waals surface area contributed by atoms with Gasteiger partial charge in [0.25, 0.3) is 5.69 Å². The molecule has 0 radical (unpaired) electrons. The number of para-hydroxylation sites is 2. The second-order valence-electron chi connectivity index (χ2n) is 7.29. The van der Waals surface area contributed by atoms with Gasteiger partial charge < -0.3 is 5.73 Å². The Bertz CT molecular complexity index is 1290. The van der Waals surface area contributed by atoms with Gasteiger partial charge in [0.1, 0.15) is 0 Å². The molecule has 154 valence electrons. The number of primary amides is 1. The van der Waals surface area contributed by atoms with Crippen molar-refractivity contribution < 1.29 is 14.5 Å². The van der Waals surface area contributed by atoms with Gasteiger partial charge in [-0.15, -0.1) is 0 Å². The Morgan fingerprint density at radius 1 is 0.903 bits per heavy atom. The predicted octanol–water partition coefficient (Wildman–Crippen LogP) is 4.34. The van der Waals surface area contributed by atoms with E-state index in [4.69, 9.17) is 10.7 Å². The minimum absolute atomic E-state index is 0.0779. The number of hydrogen-bond donors (Lipinski definition) is 1. The second-order valence-corrected chi connectivity index (χ2v) is 7.29. The second kappa shape index (κ2) is 8.31. The number of fused-ring (bicyclic) bond motifs is 2. The number of nitrogens with zero attached hydrogens (tertiary/aromatic N) is 2. The number of aromatic nitrogens is 1. The number of amides is 1. The summed E-state index contributed by atoms with van der Waals surface area (Å²) in [5.74, 6) is -0.941. The smallest absolute Gasteiger partial charge is 0.273 e. The molecule has 0 aliphatic carbocycles. The van der Waals surface area contributed by atoms with Crippen molar-refractivity contribution in [3.05, 3.63) is 93.5 Å². The van der Waals surface area contributed by atoms with Crippen molar-refractivity contribution in [2.24, 2.45) is 5.73 Å². The molecular formula is C24H19N3O4. The molecule has 1 amide bonds. The molecule has 2 N–H and O–H groups in total. The van der Waals surface area contributed by atoms with Gasteiger partial charge in [-0.2, -0.15) is 0 Å². The van der Waals surface area contributed by atoms with Gasteiger partial charge in [0.15, 0.2) is 5.78 Å². The van der Waals surface area contributed by atoms with Crippen LogP contribution in [0.2, 0.25) is 0 Å². The summed E-state index contributed by atoms with van der Waals surface area (Å²) in [4.78, 5) is 39.2. The minimum Gasteiger partial charge on any atom is -0.370 e. The number of hydrogen-bond acceptors (Lipinski definition) is 5. The fourth-order valence-corrected chi connectivity index (χ4v) is 3.75. The van der Waals surface area contributed by atoms with Crippen molar-refractivity contribution in [3.8, 4) is 0 Å². The summed E-state index contributed by atoms with van der Waals surface area (Å²) in [6, 6.07) is 19.8. The first-order valence-electron chi connectivity index (χ1n) is 9.79. The SMILES string of the molecule is NC(=O)CCC(=O)c1ccc(Cc2c3ccccc3nc3ccccc23)c([N+](=O)[O-])c1. The monoisotopic (exact) mass is 413 g/mol. The lowest BCUT2D eigenvalue weighted by Crippen LogP contribution is -2.13. The van der Waals surface area contributed by atoms with Crippen LogP contribution in [0.15, 0.2) is 66.7 Å². The number of nitro groups is 1. The average molecular weight is 413 g/mol. The lowest BCUT2D eigenvalue weighted by atomic mass is 9.94. The summed E-state index contributed by atoms with van der Waals surface area (Å²) in [5.41, 5.74) is 8.23. The van der Waals surface area contributed by atoms with E-state index in [0.29, 0.717) is 12.0 Å². The highest BCUT2D eigenvalue weighted by Crippen LogP contribution is 2.31. The summed E-state index contributed by atoms with van der Waals surface area (Å²) in [6.45, 7) is 0. The Morgan fingerprint density at radius 3 is 2.10 bits per heavy atom. The molecule has 31 heavy (non-hydrogen) atoms. The number of nitrogens with two attached hydrogens (primary N) is 1. The summed E-state index contributed by atoms with van der Waals surface area (Å²) in [5, 5.41) is 13.6. The van der Waals surface area contributed by atoms with Crippen LogP contribution in [0, 0.1) is 10.1 Å². The molecule has 0 unspecified atom stereocenters. The third kappa shape index (κ3) is 4.11. The van der Waals surface area contributed by atoms with Crippen molar-refractivity contribution in [3.63, 3.8) is 0 Å². The number of rotatable bonds is 7. The van der Waals surface area contributed by atoms with Crippen LogP contribution in [-0.2, 0) is 11.2 Å². The van der Waals surface area contributed by atoms with Crippen LogP contribution in [0.4, 0.5) is 5.69 Å². The highest BCUT2D eigenvalue weighted by molar-refractivity contribution is 5.99. The van der Waals surface area contributed by atoms with Crippen LogP contribution in [-0.4, -0.2) is 21.6 Å². The Balaban J connectivity index is 1.80. The molecule has 0 aliphatic rings. The van der Waals surface area contributed by atoms with Crippen molar-refractivity contribution in [1.29, 1.82) is 0 Å². The van der Waals surface area contributed by atoms with E-state index in [9.17, 15) is 19.7 Å². The van der Waals surface area contributed by atoms with E-state index >= 15 is 0 Å². The topological polar surface area (TPSA) is 116 Å². The zero-order valence-corrected chi connectivity index (χ0v) is 16.6. The number of pyridine rings is 1. The maximum Gasteiger partial charge on any atom is 0.273 e. The molecule has 4 aromatic rings. The maximum atomic E-state index is 12.3. The molecule has 7 heteroatoms. The largest absolute Gasteiger partial charge is 0.370 e. The molecule has 1 heterocycles. The number of carbonyl (C=O) groups excluding carboxylic acids is 2. The van der Waals surface area contributed by atoms with Gasteiger partial charge in [-0.25, -0.2) is 4.98 Å². The van der Waals surface area contributed by atoms with Crippen LogP contribution in [0.5, 0.6) is 0 Å². The molecule has 0 saturated heterocycles. The summed E-state index contributed by atoms with van der Waals surface area (Å²) in [7, 11) is 0. The summed E-state index contributed by atoms with van der Waals surface area (Å²) >= 11 is 0. The summed E-state index contributed by atoms with van der Waals surface area (Å²) in [6.07, 6.45) is 0.143. The van der Waals surface area contributed by atoms with Crippen molar-refractivity contribution >= 4 is 39.2 Å². The van der Waals surface area contributed by atoms with E-state index < -0.39 is 10.8 Å². The quantitative estimate of drug-likeness (QED) is 0.209. The van der Waals surface area contributed by atoms with E-state index in [0.717, 1.165) is 27.4 Å². The van der Waals surface area contributed by atoms with Gasteiger partial charge in [0.2, 0.25) is 5.91 Å². The third-order valence-corrected chi connectivity index (χ3v) is 5.27. The molecule has 7 nitrogen and oxygen atoms in total. The maximum absolute atomic E-state index is 12.3. The molecule has 0 saturated carbocycles. The molecule has 0 bridgehead atoms. The number of Topliss-reactive ketones (excluding diaryl/α,β-unsaturated/α-hetero) is 1. The lowest BCUT2D eigenvalue weighted by Gasteiger charge is -2.12. The molecule has 3 aromatic carbocycles. The van der Waals surface area contributed by atoms with Gasteiger partial charge in [0, 0.05) is 47.2 Å². The highest BCUT2D eigenvalue weighted by Gasteiger charge is 2.20. The van der Waals surface area contributed by atoms with Crippen LogP contribution in [0.25, 0.3) is 21.8 Å². The first kappa shape index (κ1) is 20.2. The fraction of sp³-hybridized carbons (Fsp3) is 0.125. The van der Waals surface area contributed by atoms with Gasteiger partial charge in [0.05, 0.1) is 16.0 Å². The molecule has 0 fully saturated rings. The standard InChI is InChI=1S/C24H19N3O4/c25-24(29)12-11-23(28)16-10-9-15(22(14-16)27(30)31)13-19-17-5-1-3-7-20(17)26-21-8-4-2-6-18(19)21/h1-10,14H,11-13H2,(H2,25,29). The van der Waals surface area contributed by atoms with Crippen LogP contribution in [0.1, 0.15) is 34.3 Å². The third-order valence-electron chi connectivity index (χ3n) is 5.27. The predicted molar refractivity (Wildman–Crippen MR) is 118 cm³/mol. The van der Waals surface area contributed by atoms with Crippen molar-refractivity contribution in [2.75, 3.05) is 0 Å². The number of carbonyl (C=O) groups is 2. The van der Waals surface area contributed by atoms with Crippen LogP contribution < -0.4 is 5.73 Å². The normalized spacial score (nSPS) is 11.0. The highest BCUT2D eigenvalue weighted by atomic mass is 16.6. The van der Waals surface area contributed by atoms with E-state index in [1.54, 1.807) is 12.1 Å². The average Bonchev–Trinajstić information content (AvgIpc) is 2.77. The van der Waals surface area contributed by atoms with Crippen LogP contribution in [0.3, 0.4) is 0 Å². The number of nitro benzene ring substituents is 1. The molecular weight excluding hydrogens is 394 g/mol. The van der Waals surface area contributed by atoms with Crippen LogP contribution >= 0.6 is 0 Å². The molecule has 1 aromatic heterocycles. The van der Waals surface area contributed by atoms with Gasteiger partial charge >= 0.3 is 0 Å². The Labute approximate surface area is 177 Å². The first-order valence-corrected chi connectivity index (χ1v) is 9.79. The molecule has 0 atom stereocenters.